The number of benzene rings is 2. The molecule has 4 aromatic rings. The van der Waals surface area contributed by atoms with Gasteiger partial charge in [-0.05, 0) is 41.8 Å². The zero-order valence-electron chi connectivity index (χ0n) is 12.6. The number of fused-ring (bicyclic) bond motifs is 2. The van der Waals surface area contributed by atoms with E-state index < -0.39 is 0 Å². The number of nitrogens with one attached hydrogen (secondary N) is 2. The Bertz CT molecular complexity index is 901. The van der Waals surface area contributed by atoms with Crippen LogP contribution in [0.3, 0.4) is 0 Å². The van der Waals surface area contributed by atoms with Crippen LogP contribution in [0.1, 0.15) is 22.8 Å². The average molecular weight is 306 g/mol. The van der Waals surface area contributed by atoms with Gasteiger partial charge in [-0.3, -0.25) is 0 Å². The van der Waals surface area contributed by atoms with Crippen molar-refractivity contribution in [3.8, 4) is 0 Å². The maximum atomic E-state index is 5.63. The van der Waals surface area contributed by atoms with Crippen molar-refractivity contribution in [1.82, 2.24) is 19.9 Å². The third-order valence-electron chi connectivity index (χ3n) is 3.99. The lowest BCUT2D eigenvalue weighted by Gasteiger charge is -2.02. The predicted molar refractivity (Wildman–Crippen MR) is 90.8 cm³/mol. The lowest BCUT2D eigenvalue weighted by atomic mass is 10.0. The van der Waals surface area contributed by atoms with Crippen molar-refractivity contribution < 1.29 is 0 Å². The fourth-order valence-electron chi connectivity index (χ4n) is 2.87. The quantitative estimate of drug-likeness (QED) is 0.462. The van der Waals surface area contributed by atoms with Gasteiger partial charge >= 0.3 is 0 Å². The summed E-state index contributed by atoms with van der Waals surface area (Å²) in [6.45, 7) is 0.841. The number of H-pyrrole nitrogens is 2. The molecule has 2 aromatic carbocycles. The number of hydrogen-bond acceptors (Lipinski definition) is 4. The second-order valence-electron chi connectivity index (χ2n) is 5.66. The van der Waals surface area contributed by atoms with Gasteiger partial charge in [-0.2, -0.15) is 0 Å². The summed E-state index contributed by atoms with van der Waals surface area (Å²) in [6.07, 6.45) is 0.847. The molecule has 0 atom stereocenters. The van der Waals surface area contributed by atoms with Gasteiger partial charge in [0.2, 0.25) is 0 Å². The first-order chi connectivity index (χ1) is 11.2. The van der Waals surface area contributed by atoms with Crippen LogP contribution in [0, 0.1) is 0 Å². The Morgan fingerprint density at radius 2 is 1.22 bits per heavy atom. The first-order valence-electron chi connectivity index (χ1n) is 7.60. The normalized spacial score (nSPS) is 11.6. The van der Waals surface area contributed by atoms with E-state index in [4.69, 9.17) is 11.5 Å². The molecular weight excluding hydrogens is 288 g/mol. The van der Waals surface area contributed by atoms with Gasteiger partial charge in [0.05, 0.1) is 35.2 Å². The molecule has 0 fully saturated rings. The molecular formula is C17H18N6. The van der Waals surface area contributed by atoms with Crippen LogP contribution in [0.2, 0.25) is 0 Å². The van der Waals surface area contributed by atoms with E-state index in [2.05, 4.69) is 44.2 Å². The average Bonchev–Trinajstić information content (AvgIpc) is 3.16. The van der Waals surface area contributed by atoms with Crippen molar-refractivity contribution in [2.75, 3.05) is 0 Å². The molecule has 6 nitrogen and oxygen atoms in total. The third-order valence-corrected chi connectivity index (χ3v) is 3.99. The molecule has 0 bridgehead atoms. The molecule has 2 heterocycles. The maximum absolute atomic E-state index is 5.63. The number of aromatic amines is 2. The van der Waals surface area contributed by atoms with Gasteiger partial charge in [-0.15, -0.1) is 0 Å². The van der Waals surface area contributed by atoms with Gasteiger partial charge in [-0.25, -0.2) is 9.97 Å². The SMILES string of the molecule is NCc1nc2ccc(Cc3ccc4nc(CN)[nH]c4c3)cc2[nH]1. The van der Waals surface area contributed by atoms with Crippen LogP contribution in [0.5, 0.6) is 0 Å². The Labute approximate surface area is 132 Å². The number of nitrogens with zero attached hydrogens (tertiary/aromatic N) is 2. The molecule has 0 aliphatic carbocycles. The molecule has 0 aliphatic heterocycles. The van der Waals surface area contributed by atoms with E-state index in [1.807, 2.05) is 12.1 Å². The lowest BCUT2D eigenvalue weighted by Crippen LogP contribution is -1.97. The van der Waals surface area contributed by atoms with E-state index >= 15 is 0 Å². The van der Waals surface area contributed by atoms with Crippen molar-refractivity contribution in [2.45, 2.75) is 19.5 Å². The second-order valence-corrected chi connectivity index (χ2v) is 5.66. The summed E-state index contributed by atoms with van der Waals surface area (Å²) in [5.74, 6) is 1.62. The maximum Gasteiger partial charge on any atom is 0.121 e. The van der Waals surface area contributed by atoms with Crippen molar-refractivity contribution in [2.24, 2.45) is 11.5 Å². The first-order valence-corrected chi connectivity index (χ1v) is 7.60. The largest absolute Gasteiger partial charge is 0.341 e. The number of hydrogen-bond donors (Lipinski definition) is 4. The van der Waals surface area contributed by atoms with E-state index in [9.17, 15) is 0 Å². The molecule has 0 amide bonds. The van der Waals surface area contributed by atoms with Crippen LogP contribution in [0.4, 0.5) is 0 Å². The van der Waals surface area contributed by atoms with Gasteiger partial charge in [0.1, 0.15) is 11.6 Å². The summed E-state index contributed by atoms with van der Waals surface area (Å²) in [6, 6.07) is 12.5. The molecule has 0 aliphatic rings. The minimum absolute atomic E-state index is 0.421. The molecule has 23 heavy (non-hydrogen) atoms. The zero-order valence-corrected chi connectivity index (χ0v) is 12.6. The molecule has 0 unspecified atom stereocenters. The van der Waals surface area contributed by atoms with Crippen LogP contribution in [-0.4, -0.2) is 19.9 Å². The van der Waals surface area contributed by atoms with E-state index in [-0.39, 0.29) is 0 Å². The summed E-state index contributed by atoms with van der Waals surface area (Å²) in [7, 11) is 0. The predicted octanol–water partition coefficient (Wildman–Crippen LogP) is 1.95. The van der Waals surface area contributed by atoms with Gasteiger partial charge in [0.15, 0.2) is 0 Å². The number of rotatable bonds is 4. The van der Waals surface area contributed by atoms with Crippen molar-refractivity contribution >= 4 is 22.1 Å². The fourth-order valence-corrected chi connectivity index (χ4v) is 2.87. The second kappa shape index (κ2) is 5.49. The van der Waals surface area contributed by atoms with E-state index in [0.29, 0.717) is 13.1 Å². The summed E-state index contributed by atoms with van der Waals surface area (Å²) < 4.78 is 0. The van der Waals surface area contributed by atoms with Gasteiger partial charge in [0.25, 0.3) is 0 Å². The Morgan fingerprint density at radius 1 is 0.739 bits per heavy atom. The number of aromatic nitrogens is 4. The highest BCUT2D eigenvalue weighted by Crippen LogP contribution is 2.19. The van der Waals surface area contributed by atoms with Crippen molar-refractivity contribution in [3.63, 3.8) is 0 Å². The van der Waals surface area contributed by atoms with E-state index in [1.165, 1.54) is 11.1 Å². The Hall–Kier alpha value is -2.70. The smallest absolute Gasteiger partial charge is 0.121 e. The molecule has 4 rings (SSSR count). The molecule has 6 heteroatoms. The summed E-state index contributed by atoms with van der Waals surface area (Å²) in [5.41, 5.74) is 17.7. The van der Waals surface area contributed by atoms with E-state index in [1.54, 1.807) is 0 Å². The van der Waals surface area contributed by atoms with E-state index in [0.717, 1.165) is 40.1 Å². The van der Waals surface area contributed by atoms with Crippen LogP contribution < -0.4 is 11.5 Å². The van der Waals surface area contributed by atoms with Crippen molar-refractivity contribution in [3.05, 3.63) is 59.2 Å². The minimum Gasteiger partial charge on any atom is -0.341 e. The highest BCUT2D eigenvalue weighted by molar-refractivity contribution is 5.77. The Kier molecular flexibility index (Phi) is 3.33. The van der Waals surface area contributed by atoms with Crippen LogP contribution >= 0.6 is 0 Å². The first kappa shape index (κ1) is 13.9. The van der Waals surface area contributed by atoms with Gasteiger partial charge in [-0.1, -0.05) is 12.1 Å². The molecule has 0 saturated carbocycles. The molecule has 0 saturated heterocycles. The Balaban J connectivity index is 1.66. The summed E-state index contributed by atoms with van der Waals surface area (Å²) in [5, 5.41) is 0. The van der Waals surface area contributed by atoms with Crippen LogP contribution in [-0.2, 0) is 19.5 Å². The standard InChI is InChI=1S/C17H18N6/c18-8-16-20-12-3-1-10(6-14(12)22-16)5-11-2-4-13-15(7-11)23-17(9-19)21-13/h1-4,6-7H,5,8-9,18-19H2,(H,20,22)(H,21,23). The molecule has 0 radical (unpaired) electrons. The monoisotopic (exact) mass is 306 g/mol. The molecule has 116 valence electrons. The third kappa shape index (κ3) is 2.58. The molecule has 0 spiro atoms. The van der Waals surface area contributed by atoms with Gasteiger partial charge < -0.3 is 21.4 Å². The highest BCUT2D eigenvalue weighted by atomic mass is 14.9. The zero-order chi connectivity index (χ0) is 15.8. The minimum atomic E-state index is 0.421. The number of imidazole rings is 2. The summed E-state index contributed by atoms with van der Waals surface area (Å²) >= 11 is 0. The van der Waals surface area contributed by atoms with Crippen molar-refractivity contribution in [1.29, 1.82) is 0 Å². The van der Waals surface area contributed by atoms with Gasteiger partial charge in [0, 0.05) is 0 Å². The fraction of sp³-hybridized carbons (Fsp3) is 0.176. The topological polar surface area (TPSA) is 109 Å². The molecule has 2 aromatic heterocycles. The Morgan fingerprint density at radius 3 is 1.65 bits per heavy atom. The highest BCUT2D eigenvalue weighted by Gasteiger charge is 2.06. The van der Waals surface area contributed by atoms with Crippen LogP contribution in [0.25, 0.3) is 22.1 Å². The summed E-state index contributed by atoms with van der Waals surface area (Å²) in [4.78, 5) is 15.3. The lowest BCUT2D eigenvalue weighted by molar-refractivity contribution is 0.958. The van der Waals surface area contributed by atoms with Crippen LogP contribution in [0.15, 0.2) is 36.4 Å². The number of nitrogens with two attached hydrogens (primary N) is 2. The molecule has 6 N–H and O–H groups in total.